The molecule has 0 spiro atoms. The van der Waals surface area contributed by atoms with Crippen molar-refractivity contribution in [3.8, 4) is 0 Å². The summed E-state index contributed by atoms with van der Waals surface area (Å²) < 4.78 is 5.29. The zero-order valence-electron chi connectivity index (χ0n) is 12.7. The Balaban J connectivity index is 1.68. The quantitative estimate of drug-likeness (QED) is 0.905. The molecule has 2 aromatic heterocycles. The van der Waals surface area contributed by atoms with Gasteiger partial charge in [-0.25, -0.2) is 4.98 Å². The highest BCUT2D eigenvalue weighted by molar-refractivity contribution is 6.06. The van der Waals surface area contributed by atoms with Crippen LogP contribution >= 0.6 is 0 Å². The molecule has 116 valence electrons. The lowest BCUT2D eigenvalue weighted by Crippen LogP contribution is -2.45. The van der Waals surface area contributed by atoms with Gasteiger partial charge in [0.1, 0.15) is 0 Å². The number of hydrogen-bond donors (Lipinski definition) is 2. The van der Waals surface area contributed by atoms with Crippen molar-refractivity contribution >= 4 is 17.0 Å². The van der Waals surface area contributed by atoms with Gasteiger partial charge in [0, 0.05) is 24.2 Å². The van der Waals surface area contributed by atoms with E-state index in [-0.39, 0.29) is 11.9 Å². The smallest absolute Gasteiger partial charge is 0.259 e. The maximum atomic E-state index is 12.7. The normalized spacial score (nSPS) is 22.0. The van der Waals surface area contributed by atoms with Crippen LogP contribution in [0.25, 0.3) is 11.1 Å². The van der Waals surface area contributed by atoms with E-state index in [2.05, 4.69) is 20.8 Å². The van der Waals surface area contributed by atoms with Gasteiger partial charge < -0.3 is 15.2 Å². The molecule has 6 nitrogen and oxygen atoms in total. The number of aromatic nitrogens is 2. The fourth-order valence-electron chi connectivity index (χ4n) is 3.12. The van der Waals surface area contributed by atoms with E-state index >= 15 is 0 Å². The molecule has 2 fully saturated rings. The van der Waals surface area contributed by atoms with Gasteiger partial charge in [0.2, 0.25) is 0 Å². The molecular weight excluding hydrogens is 280 g/mol. The number of nitrogens with zero attached hydrogens (tertiary/aromatic N) is 2. The van der Waals surface area contributed by atoms with Crippen molar-refractivity contribution in [1.29, 1.82) is 0 Å². The van der Waals surface area contributed by atoms with E-state index in [1.54, 1.807) is 0 Å². The Kier molecular flexibility index (Phi) is 3.33. The van der Waals surface area contributed by atoms with Crippen molar-refractivity contribution in [3.05, 3.63) is 23.0 Å². The lowest BCUT2D eigenvalue weighted by molar-refractivity contribution is 0.0932. The fraction of sp³-hybridized carbons (Fsp3) is 0.562. The first-order valence-corrected chi connectivity index (χ1v) is 8.01. The van der Waals surface area contributed by atoms with Crippen LogP contribution in [-0.2, 0) is 0 Å². The van der Waals surface area contributed by atoms with Crippen molar-refractivity contribution in [1.82, 2.24) is 20.8 Å². The first-order chi connectivity index (χ1) is 10.7. The second-order valence-electron chi connectivity index (χ2n) is 6.33. The summed E-state index contributed by atoms with van der Waals surface area (Å²) in [6, 6.07) is 2.12. The number of rotatable bonds is 3. The highest BCUT2D eigenvalue weighted by Crippen LogP contribution is 2.40. The number of pyridine rings is 1. The van der Waals surface area contributed by atoms with Crippen molar-refractivity contribution in [2.75, 3.05) is 13.1 Å². The number of fused-ring (bicyclic) bond motifs is 1. The molecule has 1 aliphatic heterocycles. The van der Waals surface area contributed by atoms with Gasteiger partial charge in [-0.2, -0.15) is 0 Å². The van der Waals surface area contributed by atoms with Gasteiger partial charge >= 0.3 is 0 Å². The van der Waals surface area contributed by atoms with E-state index in [1.165, 1.54) is 0 Å². The topological polar surface area (TPSA) is 80.0 Å². The van der Waals surface area contributed by atoms with Crippen LogP contribution in [0.5, 0.6) is 0 Å². The number of amides is 1. The summed E-state index contributed by atoms with van der Waals surface area (Å²) in [5, 5.41) is 11.2. The molecule has 0 radical (unpaired) electrons. The number of aryl methyl sites for hydroxylation is 1. The summed E-state index contributed by atoms with van der Waals surface area (Å²) >= 11 is 0. The van der Waals surface area contributed by atoms with Crippen molar-refractivity contribution < 1.29 is 9.32 Å². The molecule has 1 aliphatic carbocycles. The highest BCUT2D eigenvalue weighted by atomic mass is 16.5. The maximum Gasteiger partial charge on any atom is 0.259 e. The van der Waals surface area contributed by atoms with Gasteiger partial charge in [-0.1, -0.05) is 5.16 Å². The van der Waals surface area contributed by atoms with E-state index in [4.69, 9.17) is 4.52 Å². The third kappa shape index (κ3) is 2.47. The van der Waals surface area contributed by atoms with Crippen molar-refractivity contribution in [2.24, 2.45) is 0 Å². The zero-order chi connectivity index (χ0) is 15.1. The average Bonchev–Trinajstić information content (AvgIpc) is 3.32. The molecule has 0 aromatic carbocycles. The number of hydrogen-bond acceptors (Lipinski definition) is 5. The summed E-state index contributed by atoms with van der Waals surface area (Å²) in [4.78, 5) is 17.3. The van der Waals surface area contributed by atoms with Crippen LogP contribution in [0, 0.1) is 6.92 Å². The van der Waals surface area contributed by atoms with Gasteiger partial charge in [0.05, 0.1) is 16.6 Å². The first-order valence-electron chi connectivity index (χ1n) is 8.01. The second kappa shape index (κ2) is 5.35. The first kappa shape index (κ1) is 13.7. The van der Waals surface area contributed by atoms with Crippen LogP contribution in [0.1, 0.15) is 53.3 Å². The van der Waals surface area contributed by atoms with Crippen LogP contribution < -0.4 is 10.6 Å². The number of carbonyl (C=O) groups excluding carboxylic acids is 1. The summed E-state index contributed by atoms with van der Waals surface area (Å²) in [7, 11) is 0. The molecule has 1 atom stereocenters. The molecule has 2 N–H and O–H groups in total. The minimum atomic E-state index is -0.0469. The minimum absolute atomic E-state index is 0.0469. The summed E-state index contributed by atoms with van der Waals surface area (Å²) in [6.45, 7) is 3.71. The predicted octanol–water partition coefficient (Wildman–Crippen LogP) is 1.89. The molecule has 1 saturated carbocycles. The molecule has 2 aliphatic rings. The van der Waals surface area contributed by atoms with Crippen molar-refractivity contribution in [2.45, 2.75) is 44.6 Å². The van der Waals surface area contributed by atoms with Crippen LogP contribution in [0.4, 0.5) is 0 Å². The third-order valence-electron chi connectivity index (χ3n) is 4.51. The minimum Gasteiger partial charge on any atom is -0.348 e. The molecule has 1 amide bonds. The summed E-state index contributed by atoms with van der Waals surface area (Å²) in [5.41, 5.74) is 2.80. The highest BCUT2D eigenvalue weighted by Gasteiger charge is 2.29. The SMILES string of the molecule is Cc1noc2nc(C3CC3)cc(C(=O)N[C@H]3CCCNC3)c12. The molecular formula is C16H20N4O2. The number of piperidine rings is 1. The molecule has 6 heteroatoms. The Morgan fingerprint density at radius 3 is 3.00 bits per heavy atom. The summed E-state index contributed by atoms with van der Waals surface area (Å²) in [6.07, 6.45) is 4.39. The lowest BCUT2D eigenvalue weighted by atomic mass is 10.0. The Bertz CT molecular complexity index is 714. The van der Waals surface area contributed by atoms with Crippen LogP contribution in [-0.4, -0.2) is 35.2 Å². The number of nitrogens with one attached hydrogen (secondary N) is 2. The van der Waals surface area contributed by atoms with Gasteiger partial charge in [0.25, 0.3) is 11.6 Å². The number of carbonyl (C=O) groups is 1. The molecule has 0 unspecified atom stereocenters. The molecule has 4 rings (SSSR count). The predicted molar refractivity (Wildman–Crippen MR) is 81.9 cm³/mol. The largest absolute Gasteiger partial charge is 0.348 e. The van der Waals surface area contributed by atoms with E-state index < -0.39 is 0 Å². The van der Waals surface area contributed by atoms with E-state index in [0.29, 0.717) is 17.2 Å². The fourth-order valence-corrected chi connectivity index (χ4v) is 3.12. The Hall–Kier alpha value is -1.95. The lowest BCUT2D eigenvalue weighted by Gasteiger charge is -2.24. The van der Waals surface area contributed by atoms with Crippen LogP contribution in [0.2, 0.25) is 0 Å². The van der Waals surface area contributed by atoms with E-state index in [0.717, 1.165) is 55.5 Å². The monoisotopic (exact) mass is 300 g/mol. The van der Waals surface area contributed by atoms with Crippen molar-refractivity contribution in [3.63, 3.8) is 0 Å². The average molecular weight is 300 g/mol. The molecule has 0 bridgehead atoms. The van der Waals surface area contributed by atoms with Crippen LogP contribution in [0.3, 0.4) is 0 Å². The third-order valence-corrected chi connectivity index (χ3v) is 4.51. The van der Waals surface area contributed by atoms with E-state index in [1.807, 2.05) is 13.0 Å². The Morgan fingerprint density at radius 2 is 2.27 bits per heavy atom. The van der Waals surface area contributed by atoms with E-state index in [9.17, 15) is 4.79 Å². The molecule has 22 heavy (non-hydrogen) atoms. The second-order valence-corrected chi connectivity index (χ2v) is 6.33. The standard InChI is InChI=1S/C16H20N4O2/c1-9-14-12(15(21)18-11-3-2-6-17-8-11)7-13(10-4-5-10)19-16(14)22-20-9/h7,10-11,17H,2-6,8H2,1H3,(H,18,21)/t11-/m0/s1. The zero-order valence-corrected chi connectivity index (χ0v) is 12.7. The summed E-state index contributed by atoms with van der Waals surface area (Å²) in [5.74, 6) is 0.423. The van der Waals surface area contributed by atoms with Gasteiger partial charge in [-0.15, -0.1) is 0 Å². The Labute approximate surface area is 128 Å². The van der Waals surface area contributed by atoms with Gasteiger partial charge in [-0.05, 0) is 45.2 Å². The van der Waals surface area contributed by atoms with Crippen LogP contribution in [0.15, 0.2) is 10.6 Å². The Morgan fingerprint density at radius 1 is 1.41 bits per heavy atom. The molecule has 3 heterocycles. The van der Waals surface area contributed by atoms with Gasteiger partial charge in [0.15, 0.2) is 0 Å². The molecule has 2 aromatic rings. The van der Waals surface area contributed by atoms with Gasteiger partial charge in [-0.3, -0.25) is 4.79 Å². The molecule has 1 saturated heterocycles. The maximum absolute atomic E-state index is 12.7.